The van der Waals surface area contributed by atoms with Crippen LogP contribution in [0, 0.1) is 0 Å². The fourth-order valence-corrected chi connectivity index (χ4v) is 2.57. The second-order valence-corrected chi connectivity index (χ2v) is 5.25. The minimum Gasteiger partial charge on any atom is -0.507 e. The molecule has 0 saturated heterocycles. The van der Waals surface area contributed by atoms with Crippen LogP contribution < -0.4 is 10.6 Å². The maximum atomic E-state index is 12.1. The van der Waals surface area contributed by atoms with Gasteiger partial charge in [0, 0.05) is 13.1 Å². The third-order valence-electron chi connectivity index (χ3n) is 3.66. The molecule has 1 aromatic carbocycles. The molecule has 120 valence electrons. The van der Waals surface area contributed by atoms with E-state index < -0.39 is 6.09 Å². The molecule has 0 heterocycles. The summed E-state index contributed by atoms with van der Waals surface area (Å²) >= 11 is 0. The molecule has 22 heavy (non-hydrogen) atoms. The molecule has 0 atom stereocenters. The standard InChI is InChI=1S/C16H22N2O4/c1-2-22-16(21)18-8-7-17-15(20)13-9-11-5-3-4-6-12(11)10-14(13)19/h9-10,19H,2-8H2,1H3,(H,17,20)(H,18,21). The van der Waals surface area contributed by atoms with Gasteiger partial charge >= 0.3 is 6.09 Å². The number of carbonyl (C=O) groups is 2. The summed E-state index contributed by atoms with van der Waals surface area (Å²) in [5.74, 6) is -0.326. The molecule has 0 bridgehead atoms. The van der Waals surface area contributed by atoms with Crippen LogP contribution in [0.3, 0.4) is 0 Å². The fraction of sp³-hybridized carbons (Fsp3) is 0.500. The molecule has 6 heteroatoms. The number of nitrogens with one attached hydrogen (secondary N) is 2. The van der Waals surface area contributed by atoms with E-state index in [-0.39, 0.29) is 30.3 Å². The highest BCUT2D eigenvalue weighted by atomic mass is 16.5. The normalized spacial score (nSPS) is 13.1. The number of phenols is 1. The highest BCUT2D eigenvalue weighted by Crippen LogP contribution is 2.28. The summed E-state index contributed by atoms with van der Waals surface area (Å²) in [7, 11) is 0. The van der Waals surface area contributed by atoms with Crippen molar-refractivity contribution in [2.75, 3.05) is 19.7 Å². The summed E-state index contributed by atoms with van der Waals surface area (Å²) in [6.45, 7) is 2.58. The molecule has 0 aliphatic heterocycles. The third kappa shape index (κ3) is 4.13. The predicted molar refractivity (Wildman–Crippen MR) is 82.1 cm³/mol. The van der Waals surface area contributed by atoms with E-state index in [0.717, 1.165) is 36.8 Å². The first-order chi connectivity index (χ1) is 10.6. The van der Waals surface area contributed by atoms with Crippen molar-refractivity contribution < 1.29 is 19.4 Å². The van der Waals surface area contributed by atoms with E-state index in [1.165, 1.54) is 0 Å². The Morgan fingerprint density at radius 1 is 1.14 bits per heavy atom. The van der Waals surface area contributed by atoms with Gasteiger partial charge in [-0.25, -0.2) is 4.79 Å². The number of rotatable bonds is 5. The largest absolute Gasteiger partial charge is 0.507 e. The summed E-state index contributed by atoms with van der Waals surface area (Å²) in [6, 6.07) is 3.47. The number of ether oxygens (including phenoxy) is 1. The average molecular weight is 306 g/mol. The Kier molecular flexibility index (Phi) is 5.63. The van der Waals surface area contributed by atoms with Crippen LogP contribution in [0.2, 0.25) is 0 Å². The summed E-state index contributed by atoms with van der Waals surface area (Å²) in [4.78, 5) is 23.2. The van der Waals surface area contributed by atoms with E-state index in [1.54, 1.807) is 19.1 Å². The van der Waals surface area contributed by atoms with Crippen LogP contribution in [-0.2, 0) is 17.6 Å². The van der Waals surface area contributed by atoms with E-state index in [9.17, 15) is 14.7 Å². The van der Waals surface area contributed by atoms with Gasteiger partial charge < -0.3 is 20.5 Å². The molecule has 1 aromatic rings. The number of amides is 2. The Labute approximate surface area is 129 Å². The Morgan fingerprint density at radius 3 is 2.45 bits per heavy atom. The smallest absolute Gasteiger partial charge is 0.407 e. The van der Waals surface area contributed by atoms with Gasteiger partial charge in [-0.1, -0.05) is 0 Å². The van der Waals surface area contributed by atoms with Gasteiger partial charge in [-0.15, -0.1) is 0 Å². The molecule has 0 radical (unpaired) electrons. The van der Waals surface area contributed by atoms with Crippen molar-refractivity contribution >= 4 is 12.0 Å². The SMILES string of the molecule is CCOC(=O)NCCNC(=O)c1cc2c(cc1O)CCCC2. The maximum absolute atomic E-state index is 12.1. The lowest BCUT2D eigenvalue weighted by Gasteiger charge is -2.17. The second kappa shape index (κ2) is 7.68. The van der Waals surface area contributed by atoms with Crippen molar-refractivity contribution in [3.05, 3.63) is 28.8 Å². The lowest BCUT2D eigenvalue weighted by atomic mass is 9.90. The van der Waals surface area contributed by atoms with E-state index >= 15 is 0 Å². The molecule has 2 rings (SSSR count). The van der Waals surface area contributed by atoms with Gasteiger partial charge in [0.15, 0.2) is 0 Å². The molecule has 0 aromatic heterocycles. The molecular weight excluding hydrogens is 284 g/mol. The van der Waals surface area contributed by atoms with Crippen LogP contribution in [0.1, 0.15) is 41.3 Å². The number of aryl methyl sites for hydroxylation is 2. The van der Waals surface area contributed by atoms with Gasteiger partial charge in [-0.05, 0) is 55.9 Å². The van der Waals surface area contributed by atoms with Gasteiger partial charge in [0.05, 0.1) is 12.2 Å². The van der Waals surface area contributed by atoms with Crippen LogP contribution in [0.15, 0.2) is 12.1 Å². The van der Waals surface area contributed by atoms with Gasteiger partial charge in [0.25, 0.3) is 5.91 Å². The van der Waals surface area contributed by atoms with Crippen LogP contribution in [0.25, 0.3) is 0 Å². The maximum Gasteiger partial charge on any atom is 0.407 e. The minimum absolute atomic E-state index is 0.0106. The highest BCUT2D eigenvalue weighted by Gasteiger charge is 2.17. The molecule has 6 nitrogen and oxygen atoms in total. The van der Waals surface area contributed by atoms with Crippen LogP contribution in [0.4, 0.5) is 4.79 Å². The molecule has 0 saturated carbocycles. The van der Waals surface area contributed by atoms with Crippen LogP contribution in [0.5, 0.6) is 5.75 Å². The molecule has 0 fully saturated rings. The van der Waals surface area contributed by atoms with Gasteiger partial charge in [-0.3, -0.25) is 4.79 Å². The average Bonchev–Trinajstić information content (AvgIpc) is 2.51. The van der Waals surface area contributed by atoms with E-state index in [2.05, 4.69) is 10.6 Å². The summed E-state index contributed by atoms with van der Waals surface area (Å²) in [6.07, 6.45) is 3.63. The lowest BCUT2D eigenvalue weighted by Crippen LogP contribution is -2.35. The molecule has 0 spiro atoms. The number of hydrogen-bond donors (Lipinski definition) is 3. The molecule has 2 amide bonds. The number of alkyl carbamates (subject to hydrolysis) is 1. The molecule has 0 unspecified atom stereocenters. The first kappa shape index (κ1) is 16.1. The Bertz CT molecular complexity index is 557. The number of carbonyl (C=O) groups excluding carboxylic acids is 2. The molecule has 3 N–H and O–H groups in total. The van der Waals surface area contributed by atoms with Crippen molar-refractivity contribution in [3.8, 4) is 5.75 Å². The minimum atomic E-state index is -0.506. The Hall–Kier alpha value is -2.24. The zero-order chi connectivity index (χ0) is 15.9. The van der Waals surface area contributed by atoms with E-state index in [0.29, 0.717) is 6.61 Å². The highest BCUT2D eigenvalue weighted by molar-refractivity contribution is 5.97. The quantitative estimate of drug-likeness (QED) is 0.723. The summed E-state index contributed by atoms with van der Waals surface area (Å²) < 4.78 is 4.71. The fourth-order valence-electron chi connectivity index (χ4n) is 2.57. The zero-order valence-electron chi connectivity index (χ0n) is 12.8. The van der Waals surface area contributed by atoms with Crippen molar-refractivity contribution in [1.82, 2.24) is 10.6 Å². The number of fused-ring (bicyclic) bond motifs is 1. The Balaban J connectivity index is 1.88. The third-order valence-corrected chi connectivity index (χ3v) is 3.66. The second-order valence-electron chi connectivity index (χ2n) is 5.25. The monoisotopic (exact) mass is 306 g/mol. The van der Waals surface area contributed by atoms with Crippen molar-refractivity contribution in [2.24, 2.45) is 0 Å². The van der Waals surface area contributed by atoms with E-state index in [4.69, 9.17) is 4.74 Å². The number of hydrogen-bond acceptors (Lipinski definition) is 4. The number of phenolic OH excluding ortho intramolecular Hbond substituents is 1. The van der Waals surface area contributed by atoms with Crippen LogP contribution >= 0.6 is 0 Å². The van der Waals surface area contributed by atoms with Crippen molar-refractivity contribution in [3.63, 3.8) is 0 Å². The Morgan fingerprint density at radius 2 is 1.77 bits per heavy atom. The topological polar surface area (TPSA) is 87.7 Å². The molecule has 1 aliphatic carbocycles. The number of aromatic hydroxyl groups is 1. The molecule has 1 aliphatic rings. The lowest BCUT2D eigenvalue weighted by molar-refractivity contribution is 0.0949. The van der Waals surface area contributed by atoms with E-state index in [1.807, 2.05) is 0 Å². The van der Waals surface area contributed by atoms with Crippen molar-refractivity contribution in [2.45, 2.75) is 32.6 Å². The van der Waals surface area contributed by atoms with Gasteiger partial charge in [0.2, 0.25) is 0 Å². The predicted octanol–water partition coefficient (Wildman–Crippen LogP) is 1.75. The molecular formula is C16H22N2O4. The first-order valence-corrected chi connectivity index (χ1v) is 7.65. The van der Waals surface area contributed by atoms with Crippen LogP contribution in [-0.4, -0.2) is 36.8 Å². The zero-order valence-corrected chi connectivity index (χ0v) is 12.8. The summed E-state index contributed by atoms with van der Waals surface area (Å²) in [5.41, 5.74) is 2.56. The van der Waals surface area contributed by atoms with Gasteiger partial charge in [0.1, 0.15) is 5.75 Å². The van der Waals surface area contributed by atoms with Gasteiger partial charge in [-0.2, -0.15) is 0 Å². The first-order valence-electron chi connectivity index (χ1n) is 7.65. The summed E-state index contributed by atoms with van der Waals surface area (Å²) in [5, 5.41) is 15.2. The number of benzene rings is 1. The van der Waals surface area contributed by atoms with Crippen molar-refractivity contribution in [1.29, 1.82) is 0 Å².